The Labute approximate surface area is 113 Å². The van der Waals surface area contributed by atoms with Crippen molar-refractivity contribution in [3.63, 3.8) is 0 Å². The van der Waals surface area contributed by atoms with E-state index in [4.69, 9.17) is 9.47 Å². The van der Waals surface area contributed by atoms with E-state index in [9.17, 15) is 4.79 Å². The fourth-order valence-corrected chi connectivity index (χ4v) is 1.42. The summed E-state index contributed by atoms with van der Waals surface area (Å²) in [6.45, 7) is 8.24. The highest BCUT2D eigenvalue weighted by atomic mass is 16.5. The van der Waals surface area contributed by atoms with Crippen LogP contribution in [-0.4, -0.2) is 24.2 Å². The zero-order valence-corrected chi connectivity index (χ0v) is 11.8. The first-order valence-electron chi connectivity index (χ1n) is 6.29. The molecule has 0 aliphatic heterocycles. The zero-order valence-electron chi connectivity index (χ0n) is 11.8. The molecule has 0 bridgehead atoms. The maximum Gasteiger partial charge on any atom is 0.335 e. The first-order valence-corrected chi connectivity index (χ1v) is 6.29. The van der Waals surface area contributed by atoms with Crippen molar-refractivity contribution in [2.45, 2.75) is 27.7 Å². The number of esters is 1. The number of carbonyl (C=O) groups excluding carboxylic acids is 1. The predicted molar refractivity (Wildman–Crippen MR) is 74.2 cm³/mol. The molecule has 19 heavy (non-hydrogen) atoms. The highest BCUT2D eigenvalue weighted by Crippen LogP contribution is 2.18. The second-order valence-corrected chi connectivity index (χ2v) is 3.91. The monoisotopic (exact) mass is 264 g/mol. The Bertz CT molecular complexity index is 470. The summed E-state index contributed by atoms with van der Waals surface area (Å²) in [6, 6.07) is 3.65. The van der Waals surface area contributed by atoms with Gasteiger partial charge in [-0.2, -0.15) is 0 Å². The molecule has 0 unspecified atom stereocenters. The molecule has 0 saturated carbocycles. The molecule has 0 aliphatic carbocycles. The van der Waals surface area contributed by atoms with Crippen LogP contribution in [0.25, 0.3) is 0 Å². The third-order valence-electron chi connectivity index (χ3n) is 2.37. The lowest BCUT2D eigenvalue weighted by atomic mass is 10.3. The van der Waals surface area contributed by atoms with Crippen LogP contribution in [0.5, 0.6) is 5.75 Å². The fraction of sp³-hybridized carbons (Fsp3) is 0.429. The highest BCUT2D eigenvalue weighted by Gasteiger charge is 2.05. The van der Waals surface area contributed by atoms with Crippen LogP contribution in [0.4, 0.5) is 5.82 Å². The summed E-state index contributed by atoms with van der Waals surface area (Å²) >= 11 is 0. The van der Waals surface area contributed by atoms with E-state index in [0.717, 1.165) is 11.4 Å². The van der Waals surface area contributed by atoms with Gasteiger partial charge in [-0.3, -0.25) is 0 Å². The van der Waals surface area contributed by atoms with Gasteiger partial charge in [0.2, 0.25) is 0 Å². The number of nitrogens with one attached hydrogen (secondary N) is 1. The molecule has 104 valence electrons. The van der Waals surface area contributed by atoms with Gasteiger partial charge in [0.05, 0.1) is 24.5 Å². The number of ether oxygens (including phenoxy) is 2. The van der Waals surface area contributed by atoms with E-state index >= 15 is 0 Å². The molecule has 1 aromatic rings. The van der Waals surface area contributed by atoms with Crippen molar-refractivity contribution < 1.29 is 14.3 Å². The molecule has 5 heteroatoms. The Balaban J connectivity index is 2.70. The molecule has 0 saturated heterocycles. The van der Waals surface area contributed by atoms with Gasteiger partial charge in [-0.25, -0.2) is 9.78 Å². The van der Waals surface area contributed by atoms with Crippen LogP contribution in [0.1, 0.15) is 26.5 Å². The number of rotatable bonds is 6. The van der Waals surface area contributed by atoms with Crippen molar-refractivity contribution in [2.75, 3.05) is 18.5 Å². The predicted octanol–water partition coefficient (Wildman–Crippen LogP) is 2.67. The average molecular weight is 264 g/mol. The van der Waals surface area contributed by atoms with Gasteiger partial charge < -0.3 is 14.8 Å². The lowest BCUT2D eigenvalue weighted by Gasteiger charge is -2.08. The molecule has 1 N–H and O–H groups in total. The molecule has 1 aromatic heterocycles. The van der Waals surface area contributed by atoms with Crippen LogP contribution >= 0.6 is 0 Å². The van der Waals surface area contributed by atoms with E-state index in [-0.39, 0.29) is 5.97 Å². The van der Waals surface area contributed by atoms with Gasteiger partial charge >= 0.3 is 5.97 Å². The van der Waals surface area contributed by atoms with Crippen molar-refractivity contribution in [3.8, 4) is 5.75 Å². The van der Waals surface area contributed by atoms with Gasteiger partial charge in [0.25, 0.3) is 0 Å². The van der Waals surface area contributed by atoms with Gasteiger partial charge in [0.15, 0.2) is 0 Å². The van der Waals surface area contributed by atoms with Crippen LogP contribution in [0.15, 0.2) is 23.9 Å². The lowest BCUT2D eigenvalue weighted by Crippen LogP contribution is -2.07. The van der Waals surface area contributed by atoms with Crippen molar-refractivity contribution in [3.05, 3.63) is 29.6 Å². The molecule has 0 fully saturated rings. The van der Waals surface area contributed by atoms with Crippen molar-refractivity contribution in [1.29, 1.82) is 0 Å². The summed E-state index contributed by atoms with van der Waals surface area (Å²) in [7, 11) is 0. The second kappa shape index (κ2) is 7.41. The fourth-order valence-electron chi connectivity index (χ4n) is 1.42. The van der Waals surface area contributed by atoms with Crippen LogP contribution in [0.2, 0.25) is 0 Å². The molecule has 0 atom stereocenters. The second-order valence-electron chi connectivity index (χ2n) is 3.91. The number of aromatic nitrogens is 1. The molecule has 0 radical (unpaired) electrons. The number of hydrogen-bond acceptors (Lipinski definition) is 5. The summed E-state index contributed by atoms with van der Waals surface area (Å²) in [5.74, 6) is 1.08. The highest BCUT2D eigenvalue weighted by molar-refractivity contribution is 5.88. The molecule has 1 heterocycles. The average Bonchev–Trinajstić information content (AvgIpc) is 2.39. The third-order valence-corrected chi connectivity index (χ3v) is 2.37. The lowest BCUT2D eigenvalue weighted by molar-refractivity contribution is -0.138. The van der Waals surface area contributed by atoms with Gasteiger partial charge in [0, 0.05) is 6.20 Å². The molecule has 0 spiro atoms. The van der Waals surface area contributed by atoms with Crippen molar-refractivity contribution in [1.82, 2.24) is 4.98 Å². The zero-order chi connectivity index (χ0) is 14.3. The molecule has 5 nitrogen and oxygen atoms in total. The summed E-state index contributed by atoms with van der Waals surface area (Å²) in [5.41, 5.74) is 1.30. The first kappa shape index (κ1) is 15.0. The number of carbonyl (C=O) groups is 1. The number of hydrogen-bond donors (Lipinski definition) is 1. The Morgan fingerprint density at radius 1 is 1.37 bits per heavy atom. The van der Waals surface area contributed by atoms with Gasteiger partial charge in [-0.1, -0.05) is 0 Å². The quantitative estimate of drug-likeness (QED) is 0.632. The molecule has 0 amide bonds. The number of aryl methyl sites for hydroxylation is 1. The standard InChI is InChI=1S/C14H20N2O3/c1-5-18-12-7-8-13(16-11(12)4)15-9-10(3)14(17)19-6-2/h7-9H,5-6H2,1-4H3,(H,15,16). The summed E-state index contributed by atoms with van der Waals surface area (Å²) in [4.78, 5) is 15.7. The minimum absolute atomic E-state index is 0.336. The number of anilines is 1. The summed E-state index contributed by atoms with van der Waals surface area (Å²) in [6.07, 6.45) is 1.58. The van der Waals surface area contributed by atoms with Gasteiger partial charge in [0.1, 0.15) is 11.6 Å². The van der Waals surface area contributed by atoms with E-state index in [1.807, 2.05) is 19.9 Å². The topological polar surface area (TPSA) is 60.5 Å². The Morgan fingerprint density at radius 2 is 2.11 bits per heavy atom. The summed E-state index contributed by atoms with van der Waals surface area (Å²) < 4.78 is 10.3. The van der Waals surface area contributed by atoms with Crippen LogP contribution in [0, 0.1) is 6.92 Å². The van der Waals surface area contributed by atoms with E-state index in [0.29, 0.717) is 24.6 Å². The maximum absolute atomic E-state index is 11.4. The van der Waals surface area contributed by atoms with Crippen LogP contribution in [-0.2, 0) is 9.53 Å². The van der Waals surface area contributed by atoms with Gasteiger partial charge in [-0.05, 0) is 39.8 Å². The van der Waals surface area contributed by atoms with E-state index in [1.54, 1.807) is 26.1 Å². The largest absolute Gasteiger partial charge is 0.492 e. The van der Waals surface area contributed by atoms with Crippen molar-refractivity contribution >= 4 is 11.8 Å². The number of nitrogens with zero attached hydrogens (tertiary/aromatic N) is 1. The molecule has 1 rings (SSSR count). The first-order chi connectivity index (χ1) is 9.08. The normalized spacial score (nSPS) is 11.1. The maximum atomic E-state index is 11.4. The molecular formula is C14H20N2O3. The van der Waals surface area contributed by atoms with Crippen LogP contribution in [0.3, 0.4) is 0 Å². The van der Waals surface area contributed by atoms with E-state index < -0.39 is 0 Å². The van der Waals surface area contributed by atoms with Gasteiger partial charge in [-0.15, -0.1) is 0 Å². The minimum atomic E-state index is -0.336. The molecular weight excluding hydrogens is 244 g/mol. The Kier molecular flexibility index (Phi) is 5.85. The Morgan fingerprint density at radius 3 is 2.68 bits per heavy atom. The molecule has 0 aliphatic rings. The van der Waals surface area contributed by atoms with E-state index in [2.05, 4.69) is 10.3 Å². The third kappa shape index (κ3) is 4.62. The Hall–Kier alpha value is -2.04. The molecule has 0 aromatic carbocycles. The number of pyridine rings is 1. The minimum Gasteiger partial charge on any atom is -0.492 e. The smallest absolute Gasteiger partial charge is 0.335 e. The SMILES string of the molecule is CCOC(=O)C(C)=CNc1ccc(OCC)c(C)n1. The van der Waals surface area contributed by atoms with Crippen molar-refractivity contribution in [2.24, 2.45) is 0 Å². The summed E-state index contributed by atoms with van der Waals surface area (Å²) in [5, 5.41) is 2.96. The van der Waals surface area contributed by atoms with E-state index in [1.165, 1.54) is 0 Å². The van der Waals surface area contributed by atoms with Crippen LogP contribution < -0.4 is 10.1 Å².